The summed E-state index contributed by atoms with van der Waals surface area (Å²) in [6, 6.07) is 25.7. The molecule has 0 heterocycles. The van der Waals surface area contributed by atoms with Gasteiger partial charge >= 0.3 is 0 Å². The van der Waals surface area contributed by atoms with Crippen molar-refractivity contribution >= 4 is 23.2 Å². The largest absolute Gasteiger partial charge is 0.312 e. The van der Waals surface area contributed by atoms with Gasteiger partial charge in [-0.1, -0.05) is 72.8 Å². The van der Waals surface area contributed by atoms with Gasteiger partial charge in [0.05, 0.1) is 0 Å². The fraction of sp³-hybridized carbons (Fsp3) is 0.158. The van der Waals surface area contributed by atoms with Gasteiger partial charge in [0.1, 0.15) is 0 Å². The second-order valence-electron chi connectivity index (χ2n) is 5.05. The van der Waals surface area contributed by atoms with Gasteiger partial charge in [0.2, 0.25) is 0 Å². The summed E-state index contributed by atoms with van der Waals surface area (Å²) >= 11 is 0. The number of fused-ring (bicyclic) bond motifs is 1. The zero-order valence-electron chi connectivity index (χ0n) is 12.0. The van der Waals surface area contributed by atoms with Crippen LogP contribution in [0.25, 0.3) is 10.8 Å². The summed E-state index contributed by atoms with van der Waals surface area (Å²) in [4.78, 5) is 0. The van der Waals surface area contributed by atoms with E-state index in [9.17, 15) is 0 Å². The zero-order chi connectivity index (χ0) is 13.6. The highest BCUT2D eigenvalue weighted by atomic mass is 35.5. The molecule has 21 heavy (non-hydrogen) atoms. The van der Waals surface area contributed by atoms with E-state index in [4.69, 9.17) is 0 Å². The molecule has 0 bridgehead atoms. The zero-order valence-corrected chi connectivity index (χ0v) is 12.8. The molecule has 0 aliphatic rings. The number of halogens is 1. The van der Waals surface area contributed by atoms with Crippen molar-refractivity contribution in [1.29, 1.82) is 0 Å². The molecule has 2 heteroatoms. The van der Waals surface area contributed by atoms with Crippen LogP contribution < -0.4 is 5.32 Å². The third-order valence-corrected chi connectivity index (χ3v) is 3.62. The molecule has 0 spiro atoms. The van der Waals surface area contributed by atoms with Crippen LogP contribution in [-0.2, 0) is 13.0 Å². The summed E-state index contributed by atoms with van der Waals surface area (Å²) in [6.45, 7) is 1.94. The smallest absolute Gasteiger partial charge is 0.0205 e. The second-order valence-corrected chi connectivity index (χ2v) is 5.05. The number of rotatable bonds is 5. The molecule has 1 nitrogen and oxygen atoms in total. The molecule has 0 aliphatic heterocycles. The van der Waals surface area contributed by atoms with E-state index in [0.717, 1.165) is 19.5 Å². The first-order chi connectivity index (χ1) is 9.93. The lowest BCUT2D eigenvalue weighted by atomic mass is 10.0. The van der Waals surface area contributed by atoms with Crippen molar-refractivity contribution in [3.63, 3.8) is 0 Å². The minimum atomic E-state index is 0. The van der Waals surface area contributed by atoms with Gasteiger partial charge in [-0.2, -0.15) is 0 Å². The number of hydrogen-bond acceptors (Lipinski definition) is 1. The molecule has 0 atom stereocenters. The van der Waals surface area contributed by atoms with Gasteiger partial charge in [0, 0.05) is 6.54 Å². The van der Waals surface area contributed by atoms with Gasteiger partial charge < -0.3 is 5.32 Å². The molecule has 0 aromatic heterocycles. The van der Waals surface area contributed by atoms with Crippen LogP contribution in [0.4, 0.5) is 0 Å². The van der Waals surface area contributed by atoms with Crippen molar-refractivity contribution in [3.05, 3.63) is 83.9 Å². The van der Waals surface area contributed by atoms with E-state index in [1.807, 2.05) is 0 Å². The highest BCUT2D eigenvalue weighted by Gasteiger charge is 1.99. The maximum absolute atomic E-state index is 3.51. The fourth-order valence-electron chi connectivity index (χ4n) is 2.56. The molecule has 3 aromatic carbocycles. The van der Waals surface area contributed by atoms with E-state index in [1.54, 1.807) is 0 Å². The minimum absolute atomic E-state index is 0. The molecule has 0 amide bonds. The molecular formula is C19H20ClN. The van der Waals surface area contributed by atoms with Crippen LogP contribution in [0.5, 0.6) is 0 Å². The first-order valence-electron chi connectivity index (χ1n) is 7.15. The van der Waals surface area contributed by atoms with Gasteiger partial charge in [0.15, 0.2) is 0 Å². The predicted octanol–water partition coefficient (Wildman–Crippen LogP) is 4.59. The van der Waals surface area contributed by atoms with Gasteiger partial charge in [0.25, 0.3) is 0 Å². The lowest BCUT2D eigenvalue weighted by molar-refractivity contribution is 0.688. The van der Waals surface area contributed by atoms with E-state index in [2.05, 4.69) is 78.1 Å². The number of nitrogens with one attached hydrogen (secondary N) is 1. The van der Waals surface area contributed by atoms with Crippen LogP contribution in [0.15, 0.2) is 72.8 Å². The summed E-state index contributed by atoms with van der Waals surface area (Å²) in [5.74, 6) is 0. The predicted molar refractivity (Wildman–Crippen MR) is 93.0 cm³/mol. The molecule has 0 aliphatic carbocycles. The SMILES string of the molecule is Cl.c1ccc(CNCCc2cccc3ccccc23)cc1. The van der Waals surface area contributed by atoms with Crippen LogP contribution in [0.3, 0.4) is 0 Å². The summed E-state index contributed by atoms with van der Waals surface area (Å²) in [5.41, 5.74) is 2.76. The Balaban J connectivity index is 0.00000161. The van der Waals surface area contributed by atoms with Crippen LogP contribution in [0.1, 0.15) is 11.1 Å². The topological polar surface area (TPSA) is 12.0 Å². The molecule has 3 aromatic rings. The maximum Gasteiger partial charge on any atom is 0.0205 e. The van der Waals surface area contributed by atoms with Crippen molar-refractivity contribution in [2.24, 2.45) is 0 Å². The van der Waals surface area contributed by atoms with Crippen molar-refractivity contribution in [3.8, 4) is 0 Å². The average Bonchev–Trinajstić information content (AvgIpc) is 2.53. The molecule has 0 radical (unpaired) electrons. The van der Waals surface area contributed by atoms with Crippen LogP contribution in [0, 0.1) is 0 Å². The Morgan fingerprint density at radius 3 is 2.29 bits per heavy atom. The summed E-state index contributed by atoms with van der Waals surface area (Å²) < 4.78 is 0. The van der Waals surface area contributed by atoms with E-state index < -0.39 is 0 Å². The molecule has 0 fully saturated rings. The lowest BCUT2D eigenvalue weighted by Gasteiger charge is -2.08. The quantitative estimate of drug-likeness (QED) is 0.679. The molecular weight excluding hydrogens is 278 g/mol. The maximum atomic E-state index is 3.51. The van der Waals surface area contributed by atoms with E-state index in [1.165, 1.54) is 21.9 Å². The average molecular weight is 298 g/mol. The van der Waals surface area contributed by atoms with Crippen LogP contribution in [0.2, 0.25) is 0 Å². The normalized spacial score (nSPS) is 10.3. The Morgan fingerprint density at radius 1 is 0.714 bits per heavy atom. The molecule has 0 saturated heterocycles. The Kier molecular flexibility index (Phi) is 5.79. The first kappa shape index (κ1) is 15.6. The van der Waals surface area contributed by atoms with Crippen molar-refractivity contribution in [2.45, 2.75) is 13.0 Å². The van der Waals surface area contributed by atoms with Gasteiger partial charge in [-0.25, -0.2) is 0 Å². The monoisotopic (exact) mass is 297 g/mol. The Labute approximate surface area is 132 Å². The van der Waals surface area contributed by atoms with Gasteiger partial charge in [-0.05, 0) is 34.9 Å². The van der Waals surface area contributed by atoms with Crippen LogP contribution >= 0.6 is 12.4 Å². The molecule has 1 N–H and O–H groups in total. The molecule has 0 unspecified atom stereocenters. The Hall–Kier alpha value is -1.83. The third kappa shape index (κ3) is 4.07. The summed E-state index contributed by atoms with van der Waals surface area (Å²) in [6.07, 6.45) is 1.06. The summed E-state index contributed by atoms with van der Waals surface area (Å²) in [5, 5.41) is 6.21. The highest BCUT2D eigenvalue weighted by Crippen LogP contribution is 2.18. The second kappa shape index (κ2) is 7.82. The van der Waals surface area contributed by atoms with Crippen molar-refractivity contribution < 1.29 is 0 Å². The minimum Gasteiger partial charge on any atom is -0.312 e. The van der Waals surface area contributed by atoms with Gasteiger partial charge in [-0.15, -0.1) is 12.4 Å². The summed E-state index contributed by atoms with van der Waals surface area (Å²) in [7, 11) is 0. The molecule has 108 valence electrons. The van der Waals surface area contributed by atoms with Crippen LogP contribution in [-0.4, -0.2) is 6.54 Å². The standard InChI is InChI=1S/C19H19N.ClH/c1-2-7-16(8-3-1)15-20-14-13-18-11-6-10-17-9-4-5-12-19(17)18;/h1-12,20H,13-15H2;1H. The fourth-order valence-corrected chi connectivity index (χ4v) is 2.56. The molecule has 3 rings (SSSR count). The van der Waals surface area contributed by atoms with Gasteiger partial charge in [-0.3, -0.25) is 0 Å². The van der Waals surface area contributed by atoms with Crippen molar-refractivity contribution in [2.75, 3.05) is 6.54 Å². The third-order valence-electron chi connectivity index (χ3n) is 3.62. The van der Waals surface area contributed by atoms with E-state index in [0.29, 0.717) is 0 Å². The molecule has 0 saturated carbocycles. The van der Waals surface area contributed by atoms with E-state index in [-0.39, 0.29) is 12.4 Å². The lowest BCUT2D eigenvalue weighted by Crippen LogP contribution is -2.16. The number of benzene rings is 3. The number of hydrogen-bond donors (Lipinski definition) is 1. The van der Waals surface area contributed by atoms with E-state index >= 15 is 0 Å². The van der Waals surface area contributed by atoms with Crippen molar-refractivity contribution in [1.82, 2.24) is 5.32 Å². The Morgan fingerprint density at radius 2 is 1.43 bits per heavy atom. The Bertz CT molecular complexity index is 674. The highest BCUT2D eigenvalue weighted by molar-refractivity contribution is 5.86. The first-order valence-corrected chi connectivity index (χ1v) is 7.15.